The molecule has 4 nitrogen and oxygen atoms in total. The van der Waals surface area contributed by atoms with Gasteiger partial charge in [0.05, 0.1) is 12.5 Å². The van der Waals surface area contributed by atoms with E-state index in [-0.39, 0.29) is 11.8 Å². The van der Waals surface area contributed by atoms with Gasteiger partial charge in [-0.05, 0) is 36.6 Å². The predicted molar refractivity (Wildman–Crippen MR) is 73.3 cm³/mol. The van der Waals surface area contributed by atoms with Gasteiger partial charge in [0, 0.05) is 19.5 Å². The highest BCUT2D eigenvalue weighted by atomic mass is 16.5. The Morgan fingerprint density at radius 2 is 2.42 bits per heavy atom. The molecule has 2 heterocycles. The van der Waals surface area contributed by atoms with E-state index in [0.29, 0.717) is 0 Å². The van der Waals surface area contributed by atoms with Crippen molar-refractivity contribution in [3.05, 3.63) is 29.3 Å². The first-order valence-electron chi connectivity index (χ1n) is 7.06. The smallest absolute Gasteiger partial charge is 0.224 e. The van der Waals surface area contributed by atoms with E-state index in [1.807, 2.05) is 6.07 Å². The van der Waals surface area contributed by atoms with Crippen LogP contribution in [0.15, 0.2) is 18.2 Å². The molecule has 1 unspecified atom stereocenters. The number of nitrogens with one attached hydrogen (secondary N) is 2. The predicted octanol–water partition coefficient (Wildman–Crippen LogP) is 0.890. The number of hydrogen-bond acceptors (Lipinski definition) is 3. The van der Waals surface area contributed by atoms with Gasteiger partial charge in [0.1, 0.15) is 5.75 Å². The van der Waals surface area contributed by atoms with Gasteiger partial charge < -0.3 is 15.4 Å². The van der Waals surface area contributed by atoms with Gasteiger partial charge >= 0.3 is 0 Å². The molecular formula is C15H20N2O2. The van der Waals surface area contributed by atoms with Gasteiger partial charge in [-0.2, -0.15) is 0 Å². The third kappa shape index (κ3) is 2.89. The maximum Gasteiger partial charge on any atom is 0.224 e. The van der Waals surface area contributed by atoms with E-state index in [1.165, 1.54) is 11.1 Å². The van der Waals surface area contributed by atoms with E-state index in [4.69, 9.17) is 4.74 Å². The zero-order valence-corrected chi connectivity index (χ0v) is 11.1. The van der Waals surface area contributed by atoms with Crippen LogP contribution in [0.1, 0.15) is 17.5 Å². The molecule has 1 aromatic rings. The lowest BCUT2D eigenvalue weighted by Crippen LogP contribution is -2.33. The Morgan fingerprint density at radius 3 is 3.26 bits per heavy atom. The maximum atomic E-state index is 11.9. The highest BCUT2D eigenvalue weighted by Gasteiger charge is 2.21. The number of benzene rings is 1. The van der Waals surface area contributed by atoms with Crippen LogP contribution in [0.3, 0.4) is 0 Å². The Bertz CT molecular complexity index is 467. The third-order valence-corrected chi connectivity index (χ3v) is 3.90. The first-order chi connectivity index (χ1) is 9.33. The Kier molecular flexibility index (Phi) is 3.69. The quantitative estimate of drug-likeness (QED) is 0.845. The summed E-state index contributed by atoms with van der Waals surface area (Å²) in [7, 11) is 0. The normalized spacial score (nSPS) is 20.9. The first kappa shape index (κ1) is 12.5. The number of carbonyl (C=O) groups excluding carboxylic acids is 1. The summed E-state index contributed by atoms with van der Waals surface area (Å²) in [4.78, 5) is 11.9. The van der Waals surface area contributed by atoms with Crippen molar-refractivity contribution < 1.29 is 9.53 Å². The van der Waals surface area contributed by atoms with Gasteiger partial charge in [0.2, 0.25) is 5.91 Å². The second kappa shape index (κ2) is 5.61. The summed E-state index contributed by atoms with van der Waals surface area (Å²) in [5, 5.41) is 6.25. The molecule has 4 heteroatoms. The molecule has 2 N–H and O–H groups in total. The van der Waals surface area contributed by atoms with Crippen LogP contribution >= 0.6 is 0 Å². The summed E-state index contributed by atoms with van der Waals surface area (Å²) < 4.78 is 5.49. The van der Waals surface area contributed by atoms with Crippen LogP contribution in [-0.2, 0) is 17.6 Å². The summed E-state index contributed by atoms with van der Waals surface area (Å²) in [5.41, 5.74) is 2.57. The first-order valence-corrected chi connectivity index (χ1v) is 7.06. The summed E-state index contributed by atoms with van der Waals surface area (Å²) in [5.74, 6) is 1.37. The molecule has 1 saturated heterocycles. The largest absolute Gasteiger partial charge is 0.493 e. The van der Waals surface area contributed by atoms with Crippen LogP contribution < -0.4 is 15.4 Å². The monoisotopic (exact) mass is 260 g/mol. The average Bonchev–Trinajstić information content (AvgIpc) is 3.09. The van der Waals surface area contributed by atoms with Crippen LogP contribution in [0.2, 0.25) is 0 Å². The van der Waals surface area contributed by atoms with Crippen LogP contribution in [-0.4, -0.2) is 32.1 Å². The number of carbonyl (C=O) groups is 1. The van der Waals surface area contributed by atoms with Gasteiger partial charge in [0.25, 0.3) is 0 Å². The van der Waals surface area contributed by atoms with Crippen molar-refractivity contribution in [3.63, 3.8) is 0 Å². The minimum atomic E-state index is 0.161. The van der Waals surface area contributed by atoms with Gasteiger partial charge in [-0.1, -0.05) is 12.1 Å². The van der Waals surface area contributed by atoms with Crippen molar-refractivity contribution in [1.82, 2.24) is 10.6 Å². The van der Waals surface area contributed by atoms with Gasteiger partial charge in [-0.25, -0.2) is 0 Å². The Labute approximate surface area is 113 Å². The third-order valence-electron chi connectivity index (χ3n) is 3.90. The van der Waals surface area contributed by atoms with Crippen LogP contribution in [0, 0.1) is 5.92 Å². The van der Waals surface area contributed by atoms with E-state index in [0.717, 1.165) is 51.3 Å². The van der Waals surface area contributed by atoms with E-state index in [1.54, 1.807) is 0 Å². The second-order valence-corrected chi connectivity index (χ2v) is 5.27. The lowest BCUT2D eigenvalue weighted by Gasteiger charge is -2.10. The molecule has 102 valence electrons. The molecule has 2 aliphatic heterocycles. The molecule has 1 aromatic carbocycles. The van der Waals surface area contributed by atoms with E-state index in [2.05, 4.69) is 22.8 Å². The zero-order chi connectivity index (χ0) is 13.1. The zero-order valence-electron chi connectivity index (χ0n) is 11.1. The van der Waals surface area contributed by atoms with Crippen molar-refractivity contribution in [2.75, 3.05) is 26.2 Å². The average molecular weight is 260 g/mol. The number of ether oxygens (including phenoxy) is 1. The second-order valence-electron chi connectivity index (χ2n) is 5.27. The minimum absolute atomic E-state index is 0.161. The van der Waals surface area contributed by atoms with Gasteiger partial charge in [0.15, 0.2) is 0 Å². The standard InChI is InChI=1S/C15H20N2O2/c18-15(13-4-6-16-10-13)17-7-3-11-1-2-14-12(9-11)5-8-19-14/h1-2,9,13,16H,3-8,10H2,(H,17,18). The molecule has 0 spiro atoms. The van der Waals surface area contributed by atoms with Gasteiger partial charge in [-0.3, -0.25) is 4.79 Å². The highest BCUT2D eigenvalue weighted by molar-refractivity contribution is 5.79. The van der Waals surface area contributed by atoms with Crippen LogP contribution in [0.25, 0.3) is 0 Å². The molecule has 0 bridgehead atoms. The lowest BCUT2D eigenvalue weighted by molar-refractivity contribution is -0.124. The lowest BCUT2D eigenvalue weighted by atomic mass is 10.1. The Hall–Kier alpha value is -1.55. The van der Waals surface area contributed by atoms with Crippen LogP contribution in [0.4, 0.5) is 0 Å². The number of hydrogen-bond donors (Lipinski definition) is 2. The highest BCUT2D eigenvalue weighted by Crippen LogP contribution is 2.25. The fourth-order valence-electron chi connectivity index (χ4n) is 2.75. The van der Waals surface area contributed by atoms with Crippen molar-refractivity contribution in [3.8, 4) is 5.75 Å². The fraction of sp³-hybridized carbons (Fsp3) is 0.533. The van der Waals surface area contributed by atoms with Gasteiger partial charge in [-0.15, -0.1) is 0 Å². The van der Waals surface area contributed by atoms with Crippen molar-refractivity contribution >= 4 is 5.91 Å². The Morgan fingerprint density at radius 1 is 1.47 bits per heavy atom. The molecule has 1 amide bonds. The summed E-state index contributed by atoms with van der Waals surface area (Å²) in [6.07, 6.45) is 2.85. The molecular weight excluding hydrogens is 240 g/mol. The molecule has 0 aromatic heterocycles. The van der Waals surface area contributed by atoms with E-state index < -0.39 is 0 Å². The molecule has 19 heavy (non-hydrogen) atoms. The molecule has 2 aliphatic rings. The number of fused-ring (bicyclic) bond motifs is 1. The molecule has 0 saturated carbocycles. The molecule has 0 radical (unpaired) electrons. The molecule has 1 atom stereocenters. The van der Waals surface area contributed by atoms with Crippen molar-refractivity contribution in [2.24, 2.45) is 5.92 Å². The maximum absolute atomic E-state index is 11.9. The number of amides is 1. The molecule has 3 rings (SSSR count). The van der Waals surface area contributed by atoms with Crippen LogP contribution in [0.5, 0.6) is 5.75 Å². The summed E-state index contributed by atoms with van der Waals surface area (Å²) in [6, 6.07) is 6.33. The molecule has 0 aliphatic carbocycles. The minimum Gasteiger partial charge on any atom is -0.493 e. The Balaban J connectivity index is 1.48. The topological polar surface area (TPSA) is 50.4 Å². The van der Waals surface area contributed by atoms with E-state index in [9.17, 15) is 4.79 Å². The summed E-state index contributed by atoms with van der Waals surface area (Å²) >= 11 is 0. The van der Waals surface area contributed by atoms with Crippen molar-refractivity contribution in [1.29, 1.82) is 0 Å². The fourth-order valence-corrected chi connectivity index (χ4v) is 2.75. The van der Waals surface area contributed by atoms with E-state index >= 15 is 0 Å². The number of rotatable bonds is 4. The summed E-state index contributed by atoms with van der Waals surface area (Å²) in [6.45, 7) is 3.30. The SMILES string of the molecule is O=C(NCCc1ccc2c(c1)CCO2)C1CCNC1. The molecule has 1 fully saturated rings. The van der Waals surface area contributed by atoms with Crippen molar-refractivity contribution in [2.45, 2.75) is 19.3 Å².